The van der Waals surface area contributed by atoms with Gasteiger partial charge in [-0.25, -0.2) is 13.8 Å². The highest BCUT2D eigenvalue weighted by Crippen LogP contribution is 2.38. The first-order valence-electron chi connectivity index (χ1n) is 21.9. The number of nitrogens with one attached hydrogen (secondary N) is 6. The summed E-state index contributed by atoms with van der Waals surface area (Å²) in [4.78, 5) is 73.4. The Morgan fingerprint density at radius 1 is 0.791 bits per heavy atom. The Morgan fingerprint density at radius 2 is 1.48 bits per heavy atom. The van der Waals surface area contributed by atoms with Crippen LogP contribution in [0.2, 0.25) is 0 Å². The average molecular weight is 902 g/mol. The second-order valence-electron chi connectivity index (χ2n) is 17.5. The van der Waals surface area contributed by atoms with E-state index in [0.29, 0.717) is 40.3 Å². The van der Waals surface area contributed by atoms with Crippen LogP contribution in [0.3, 0.4) is 0 Å². The zero-order valence-electron chi connectivity index (χ0n) is 35.7. The highest BCUT2D eigenvalue weighted by molar-refractivity contribution is 6.02. The smallest absolute Gasteiger partial charge is 0.268 e. The number of halogens is 2. The Balaban J connectivity index is 0.859. The molecule has 4 amide bonds. The molecule has 7 aromatic rings. The van der Waals surface area contributed by atoms with E-state index in [9.17, 15) is 34.1 Å². The van der Waals surface area contributed by atoms with E-state index in [1.807, 2.05) is 0 Å². The molecule has 0 radical (unpaired) electrons. The lowest BCUT2D eigenvalue weighted by atomic mass is 9.84. The number of hydrogen-bond acceptors (Lipinski definition) is 10. The summed E-state index contributed by atoms with van der Waals surface area (Å²) >= 11 is 0. The minimum Gasteiger partial charge on any atom is -0.491 e. The number of nitriles is 2. The maximum atomic E-state index is 16.5. The van der Waals surface area contributed by atoms with Crippen molar-refractivity contribution in [2.24, 2.45) is 11.8 Å². The summed E-state index contributed by atoms with van der Waals surface area (Å²) in [7, 11) is 0. The van der Waals surface area contributed by atoms with Gasteiger partial charge in [-0.15, -0.1) is 0 Å². The second kappa shape index (κ2) is 17.3. The Hall–Kier alpha value is -8.25. The fraction of sp³-hybridized carbons (Fsp3) is 0.286. The van der Waals surface area contributed by atoms with Gasteiger partial charge in [0.15, 0.2) is 5.82 Å². The molecule has 336 valence electrons. The van der Waals surface area contributed by atoms with E-state index in [1.54, 1.807) is 42.7 Å². The molecule has 2 aromatic carbocycles. The van der Waals surface area contributed by atoms with E-state index in [1.165, 1.54) is 42.7 Å². The maximum absolute atomic E-state index is 16.5. The van der Waals surface area contributed by atoms with Gasteiger partial charge >= 0.3 is 0 Å². The van der Waals surface area contributed by atoms with Gasteiger partial charge < -0.3 is 36.0 Å². The SMILES string of the molecule is N#CC(NC(=O)C(CC1CC1)NC(=O)c1cc2cccc(F)c2[nH]1)c1cncc2ccc(-c3ccc4cc(C(=O)N[C@@H](CC5CC5)C(=O)NCC5(C#N)COc6ccncc65)[nH]c4c3F)nc12. The quantitative estimate of drug-likeness (QED) is 0.0693. The van der Waals surface area contributed by atoms with Gasteiger partial charge in [-0.05, 0) is 67.1 Å². The Bertz CT molecular complexity index is 3240. The summed E-state index contributed by atoms with van der Waals surface area (Å²) in [5.74, 6) is -2.55. The molecule has 0 spiro atoms. The molecule has 4 atom stereocenters. The van der Waals surface area contributed by atoms with Crippen LogP contribution in [0.4, 0.5) is 8.78 Å². The molecule has 2 saturated carbocycles. The van der Waals surface area contributed by atoms with Crippen molar-refractivity contribution >= 4 is 56.3 Å². The van der Waals surface area contributed by atoms with Crippen LogP contribution in [0.1, 0.15) is 76.7 Å². The highest BCUT2D eigenvalue weighted by atomic mass is 19.1. The number of benzene rings is 2. The van der Waals surface area contributed by atoms with Crippen molar-refractivity contribution in [2.75, 3.05) is 13.2 Å². The van der Waals surface area contributed by atoms with Crippen LogP contribution in [0.5, 0.6) is 5.75 Å². The van der Waals surface area contributed by atoms with Crippen molar-refractivity contribution in [1.29, 1.82) is 10.5 Å². The fourth-order valence-electron chi connectivity index (χ4n) is 8.67. The Morgan fingerprint density at radius 3 is 2.16 bits per heavy atom. The minimum atomic E-state index is -1.27. The molecule has 67 heavy (non-hydrogen) atoms. The lowest BCUT2D eigenvalue weighted by Crippen LogP contribution is -2.50. The molecule has 1 aliphatic heterocycles. The van der Waals surface area contributed by atoms with E-state index in [2.05, 4.69) is 53.3 Å². The van der Waals surface area contributed by atoms with Crippen molar-refractivity contribution in [3.05, 3.63) is 120 Å². The maximum Gasteiger partial charge on any atom is 0.268 e. The fourth-order valence-corrected chi connectivity index (χ4v) is 8.67. The molecule has 0 saturated heterocycles. The van der Waals surface area contributed by atoms with Crippen LogP contribution in [0, 0.1) is 46.1 Å². The molecule has 18 heteroatoms. The van der Waals surface area contributed by atoms with Crippen LogP contribution in [0.25, 0.3) is 44.0 Å². The number of carbonyl (C=O) groups is 4. The predicted octanol–water partition coefficient (Wildman–Crippen LogP) is 6.08. The van der Waals surface area contributed by atoms with E-state index >= 15 is 4.39 Å². The van der Waals surface area contributed by atoms with Gasteiger partial charge in [0.2, 0.25) is 11.8 Å². The lowest BCUT2D eigenvalue weighted by molar-refractivity contribution is -0.124. The third-order valence-corrected chi connectivity index (χ3v) is 12.8. The van der Waals surface area contributed by atoms with Crippen molar-refractivity contribution in [3.63, 3.8) is 0 Å². The lowest BCUT2D eigenvalue weighted by Gasteiger charge is -2.23. The first-order valence-corrected chi connectivity index (χ1v) is 21.9. The van der Waals surface area contributed by atoms with Gasteiger partial charge in [0.1, 0.15) is 53.1 Å². The van der Waals surface area contributed by atoms with Crippen molar-refractivity contribution < 1.29 is 32.7 Å². The topological polar surface area (TPSA) is 243 Å². The van der Waals surface area contributed by atoms with Gasteiger partial charge in [0.05, 0.1) is 34.4 Å². The Labute approximate surface area is 380 Å². The summed E-state index contributed by atoms with van der Waals surface area (Å²) in [5.41, 5.74) is 0.514. The molecule has 2 aliphatic carbocycles. The molecular weight excluding hydrogens is 861 g/mol. The van der Waals surface area contributed by atoms with Crippen LogP contribution in [-0.4, -0.2) is 73.8 Å². The minimum absolute atomic E-state index is 0.0238. The summed E-state index contributed by atoms with van der Waals surface area (Å²) in [5, 5.41) is 33.1. The molecular formula is C49H41F2N11O5. The third-order valence-electron chi connectivity index (χ3n) is 12.8. The number of ether oxygens (including phenoxy) is 1. The van der Waals surface area contributed by atoms with Crippen LogP contribution >= 0.6 is 0 Å². The highest BCUT2D eigenvalue weighted by Gasteiger charge is 2.43. The van der Waals surface area contributed by atoms with Crippen LogP contribution < -0.4 is 26.0 Å². The molecule has 10 rings (SSSR count). The van der Waals surface area contributed by atoms with Crippen LogP contribution in [0.15, 0.2) is 85.5 Å². The predicted molar refractivity (Wildman–Crippen MR) is 239 cm³/mol. The monoisotopic (exact) mass is 901 g/mol. The van der Waals surface area contributed by atoms with Gasteiger partial charge in [-0.2, -0.15) is 10.5 Å². The second-order valence-corrected chi connectivity index (χ2v) is 17.5. The number of rotatable bonds is 15. The van der Waals surface area contributed by atoms with Crippen molar-refractivity contribution in [2.45, 2.75) is 62.1 Å². The first-order chi connectivity index (χ1) is 32.5. The van der Waals surface area contributed by atoms with Gasteiger partial charge in [0, 0.05) is 64.2 Å². The van der Waals surface area contributed by atoms with Gasteiger partial charge in [-0.1, -0.05) is 43.9 Å². The number of fused-ring (bicyclic) bond motifs is 4. The number of hydrogen-bond donors (Lipinski definition) is 6. The van der Waals surface area contributed by atoms with E-state index in [0.717, 1.165) is 25.7 Å². The van der Waals surface area contributed by atoms with Gasteiger partial charge in [0.25, 0.3) is 11.8 Å². The normalized spacial score (nSPS) is 17.7. The number of pyridine rings is 3. The van der Waals surface area contributed by atoms with E-state index in [4.69, 9.17) is 9.72 Å². The number of H-pyrrole nitrogens is 2. The van der Waals surface area contributed by atoms with Crippen molar-refractivity contribution in [3.8, 4) is 29.1 Å². The number of aromatic nitrogens is 5. The summed E-state index contributed by atoms with van der Waals surface area (Å²) in [6.45, 7) is -0.00876. The average Bonchev–Trinajstić information content (AvgIpc) is 4.21. The molecule has 3 unspecified atom stereocenters. The number of nitrogens with zero attached hydrogens (tertiary/aromatic N) is 5. The van der Waals surface area contributed by atoms with E-state index < -0.39 is 58.8 Å². The number of aromatic amines is 2. The summed E-state index contributed by atoms with van der Waals surface area (Å²) < 4.78 is 36.6. The zero-order valence-corrected chi connectivity index (χ0v) is 35.7. The molecule has 6 N–H and O–H groups in total. The number of para-hydroxylation sites is 1. The first kappa shape index (κ1) is 42.7. The van der Waals surface area contributed by atoms with Crippen molar-refractivity contribution in [1.82, 2.24) is 46.2 Å². The molecule has 6 heterocycles. The Kier molecular flexibility index (Phi) is 11.0. The van der Waals surface area contributed by atoms with Gasteiger partial charge in [-0.3, -0.25) is 29.1 Å². The largest absolute Gasteiger partial charge is 0.491 e. The number of carbonyl (C=O) groups excluding carboxylic acids is 4. The molecule has 16 nitrogen and oxygen atoms in total. The number of amides is 4. The van der Waals surface area contributed by atoms with E-state index in [-0.39, 0.29) is 69.7 Å². The third kappa shape index (κ3) is 8.45. The molecule has 5 aromatic heterocycles. The standard InChI is InChI=1S/C49H41F2N11O5/c50-33-3-1-2-27-16-37(58-43(27)33)47(65)61-36(15-26-6-7-26)46(64)62-39(18-52)31-20-55-19-29-9-11-34(57-42(29)31)30-10-8-28-17-38(59-44(28)41(30)51)48(66)60-35(14-25-4-5-25)45(63)56-23-49(22-53)24-67-40-12-13-54-21-32(40)49/h1-3,8-13,16-17,19-21,25-26,35-36,39,58-59H,4-7,14-15,23-24H2,(H,56,63)(H,60,66)(H,61,65)(H,62,64)/t35-,36?,39?,49?/m0/s1. The zero-order chi connectivity index (χ0) is 46.4. The molecule has 3 aliphatic rings. The summed E-state index contributed by atoms with van der Waals surface area (Å²) in [6, 6.07) is 16.7. The van der Waals surface area contributed by atoms with Crippen LogP contribution in [-0.2, 0) is 15.0 Å². The summed E-state index contributed by atoms with van der Waals surface area (Å²) in [6.07, 6.45) is 10.4. The molecule has 2 fully saturated rings. The molecule has 0 bridgehead atoms.